The van der Waals surface area contributed by atoms with Crippen molar-refractivity contribution in [3.8, 4) is 0 Å². The molecule has 0 spiro atoms. The molecule has 0 saturated carbocycles. The highest BCUT2D eigenvalue weighted by atomic mass is 16.7. The second-order valence-electron chi connectivity index (χ2n) is 6.23. The molecule has 3 aromatic rings. The SMILES string of the molecule is O=c1[nH]c(NCc2cnc[nH]2)nc2c1ncn2C1CC2OCOCC2O1. The van der Waals surface area contributed by atoms with Gasteiger partial charge in [-0.15, -0.1) is 0 Å². The van der Waals surface area contributed by atoms with E-state index in [-0.39, 0.29) is 36.3 Å². The van der Waals surface area contributed by atoms with E-state index in [9.17, 15) is 4.79 Å². The van der Waals surface area contributed by atoms with E-state index in [1.807, 2.05) is 0 Å². The molecule has 5 rings (SSSR count). The molecule has 3 unspecified atom stereocenters. The fourth-order valence-electron chi connectivity index (χ4n) is 3.28. The van der Waals surface area contributed by atoms with Crippen molar-refractivity contribution in [2.24, 2.45) is 0 Å². The van der Waals surface area contributed by atoms with Gasteiger partial charge in [0, 0.05) is 12.6 Å². The molecule has 2 fully saturated rings. The lowest BCUT2D eigenvalue weighted by atomic mass is 10.2. The normalized spacial score (nSPS) is 25.5. The molecule has 2 saturated heterocycles. The molecule has 11 nitrogen and oxygen atoms in total. The smallest absolute Gasteiger partial charge is 0.280 e. The maximum Gasteiger partial charge on any atom is 0.280 e. The molecule has 0 bridgehead atoms. The number of nitrogens with one attached hydrogen (secondary N) is 3. The van der Waals surface area contributed by atoms with Crippen LogP contribution >= 0.6 is 0 Å². The van der Waals surface area contributed by atoms with Crippen molar-refractivity contribution >= 4 is 17.1 Å². The summed E-state index contributed by atoms with van der Waals surface area (Å²) in [6, 6.07) is 0. The van der Waals surface area contributed by atoms with Crippen LogP contribution in [0.3, 0.4) is 0 Å². The molecule has 0 radical (unpaired) electrons. The molecule has 136 valence electrons. The molecule has 0 aromatic carbocycles. The number of rotatable bonds is 4. The lowest BCUT2D eigenvalue weighted by Gasteiger charge is -2.23. The zero-order chi connectivity index (χ0) is 17.5. The quantitative estimate of drug-likeness (QED) is 0.598. The molecule has 0 aliphatic carbocycles. The third-order valence-electron chi connectivity index (χ3n) is 4.57. The number of hydrogen-bond donors (Lipinski definition) is 3. The molecule has 0 amide bonds. The number of nitrogens with zero attached hydrogens (tertiary/aromatic N) is 4. The van der Waals surface area contributed by atoms with E-state index in [4.69, 9.17) is 14.2 Å². The van der Waals surface area contributed by atoms with Crippen LogP contribution in [0.1, 0.15) is 18.3 Å². The second kappa shape index (κ2) is 6.20. The Hall–Kier alpha value is -2.76. The zero-order valence-corrected chi connectivity index (χ0v) is 13.7. The summed E-state index contributed by atoms with van der Waals surface area (Å²) in [7, 11) is 0. The number of anilines is 1. The number of hydrogen-bond acceptors (Lipinski definition) is 8. The summed E-state index contributed by atoms with van der Waals surface area (Å²) < 4.78 is 18.6. The summed E-state index contributed by atoms with van der Waals surface area (Å²) in [5.74, 6) is 0.355. The Bertz CT molecular complexity index is 952. The molecule has 3 aromatic heterocycles. The van der Waals surface area contributed by atoms with Crippen LogP contribution in [-0.4, -0.2) is 55.1 Å². The van der Waals surface area contributed by atoms with Crippen LogP contribution < -0.4 is 10.9 Å². The Morgan fingerprint density at radius 3 is 3.19 bits per heavy atom. The highest BCUT2D eigenvalue weighted by Gasteiger charge is 2.40. The highest BCUT2D eigenvalue weighted by molar-refractivity contribution is 5.70. The Morgan fingerprint density at radius 2 is 2.35 bits per heavy atom. The first-order valence-corrected chi connectivity index (χ1v) is 8.31. The summed E-state index contributed by atoms with van der Waals surface area (Å²) in [5, 5.41) is 3.07. The summed E-state index contributed by atoms with van der Waals surface area (Å²) >= 11 is 0. The Balaban J connectivity index is 1.44. The van der Waals surface area contributed by atoms with E-state index in [0.29, 0.717) is 31.2 Å². The molecule has 2 aliphatic heterocycles. The van der Waals surface area contributed by atoms with Gasteiger partial charge >= 0.3 is 0 Å². The Morgan fingerprint density at radius 1 is 1.38 bits per heavy atom. The van der Waals surface area contributed by atoms with Crippen LogP contribution in [0.5, 0.6) is 0 Å². The van der Waals surface area contributed by atoms with Crippen LogP contribution in [0, 0.1) is 0 Å². The van der Waals surface area contributed by atoms with E-state index >= 15 is 0 Å². The molecule has 2 aliphatic rings. The first-order valence-electron chi connectivity index (χ1n) is 8.31. The summed E-state index contributed by atoms with van der Waals surface area (Å²) in [6.45, 7) is 1.23. The standard InChI is InChI=1S/C15H17N7O4/c23-14-12-13(20-15(21-14)17-3-8-2-16-5-18-8)22(6-19-12)11-1-9-10(26-11)4-24-7-25-9/h2,5-6,9-11H,1,3-4,7H2,(H,16,18)(H2,17,20,21,23). The van der Waals surface area contributed by atoms with Gasteiger partial charge in [-0.1, -0.05) is 0 Å². The summed E-state index contributed by atoms with van der Waals surface area (Å²) in [5.41, 5.74) is 1.30. The third-order valence-corrected chi connectivity index (χ3v) is 4.57. The van der Waals surface area contributed by atoms with Crippen molar-refractivity contribution in [2.45, 2.75) is 31.4 Å². The Labute approximate surface area is 146 Å². The molecule has 3 N–H and O–H groups in total. The fourth-order valence-corrected chi connectivity index (χ4v) is 3.28. The van der Waals surface area contributed by atoms with Gasteiger partial charge in [0.25, 0.3) is 5.56 Å². The van der Waals surface area contributed by atoms with Crippen molar-refractivity contribution in [2.75, 3.05) is 18.7 Å². The van der Waals surface area contributed by atoms with Crippen LogP contribution in [0.15, 0.2) is 23.6 Å². The van der Waals surface area contributed by atoms with Crippen molar-refractivity contribution in [1.82, 2.24) is 29.5 Å². The predicted octanol–water partition coefficient (Wildman–Crippen LogP) is 0.115. The van der Waals surface area contributed by atoms with Gasteiger partial charge in [0.1, 0.15) is 19.1 Å². The number of aromatic amines is 2. The number of imidazole rings is 2. The maximum atomic E-state index is 12.3. The van der Waals surface area contributed by atoms with Gasteiger partial charge in [-0.3, -0.25) is 14.3 Å². The second-order valence-corrected chi connectivity index (χ2v) is 6.23. The van der Waals surface area contributed by atoms with Crippen LogP contribution in [-0.2, 0) is 20.8 Å². The molecule has 3 atom stereocenters. The van der Waals surface area contributed by atoms with Gasteiger partial charge in [-0.2, -0.15) is 4.98 Å². The number of ether oxygens (including phenoxy) is 3. The average molecular weight is 359 g/mol. The lowest BCUT2D eigenvalue weighted by molar-refractivity contribution is -0.182. The van der Waals surface area contributed by atoms with Gasteiger partial charge in [-0.25, -0.2) is 9.97 Å². The van der Waals surface area contributed by atoms with Crippen molar-refractivity contribution in [3.63, 3.8) is 0 Å². The van der Waals surface area contributed by atoms with Crippen molar-refractivity contribution < 1.29 is 14.2 Å². The third kappa shape index (κ3) is 2.66. The number of aromatic nitrogens is 6. The monoisotopic (exact) mass is 359 g/mol. The molecule has 11 heteroatoms. The first-order chi connectivity index (χ1) is 12.8. The van der Waals surface area contributed by atoms with E-state index in [1.54, 1.807) is 23.4 Å². The van der Waals surface area contributed by atoms with E-state index in [1.165, 1.54) is 0 Å². The van der Waals surface area contributed by atoms with E-state index in [0.717, 1.165) is 5.69 Å². The summed E-state index contributed by atoms with van der Waals surface area (Å²) in [6.07, 6.45) is 5.08. The van der Waals surface area contributed by atoms with Gasteiger partial charge in [-0.05, 0) is 0 Å². The van der Waals surface area contributed by atoms with Crippen LogP contribution in [0.4, 0.5) is 5.95 Å². The lowest BCUT2D eigenvalue weighted by Crippen LogP contribution is -2.35. The number of fused-ring (bicyclic) bond motifs is 2. The predicted molar refractivity (Wildman–Crippen MR) is 88.3 cm³/mol. The Kier molecular flexibility index (Phi) is 3.69. The minimum absolute atomic E-state index is 0.0221. The molecular weight excluding hydrogens is 342 g/mol. The first kappa shape index (κ1) is 15.5. The van der Waals surface area contributed by atoms with Crippen LogP contribution in [0.2, 0.25) is 0 Å². The molecule has 5 heterocycles. The van der Waals surface area contributed by atoms with Crippen molar-refractivity contribution in [1.29, 1.82) is 0 Å². The van der Waals surface area contributed by atoms with E-state index in [2.05, 4.69) is 30.2 Å². The highest BCUT2D eigenvalue weighted by Crippen LogP contribution is 2.34. The van der Waals surface area contributed by atoms with Crippen LogP contribution in [0.25, 0.3) is 11.2 Å². The van der Waals surface area contributed by atoms with E-state index < -0.39 is 0 Å². The number of H-pyrrole nitrogens is 2. The summed E-state index contributed by atoms with van der Waals surface area (Å²) in [4.78, 5) is 30.6. The minimum atomic E-state index is -0.309. The molecular formula is C15H17N7O4. The minimum Gasteiger partial charge on any atom is -0.353 e. The van der Waals surface area contributed by atoms with Crippen molar-refractivity contribution in [3.05, 3.63) is 34.9 Å². The molecule has 26 heavy (non-hydrogen) atoms. The van der Waals surface area contributed by atoms with Gasteiger partial charge in [0.2, 0.25) is 5.95 Å². The zero-order valence-electron chi connectivity index (χ0n) is 13.7. The largest absolute Gasteiger partial charge is 0.353 e. The average Bonchev–Trinajstić information content (AvgIpc) is 3.38. The maximum absolute atomic E-state index is 12.3. The van der Waals surface area contributed by atoms with Gasteiger partial charge in [0.05, 0.1) is 37.6 Å². The van der Waals surface area contributed by atoms with Gasteiger partial charge < -0.3 is 24.5 Å². The van der Waals surface area contributed by atoms with Gasteiger partial charge in [0.15, 0.2) is 11.2 Å². The topological polar surface area (TPSA) is 132 Å². The fraction of sp³-hybridized carbons (Fsp3) is 0.467.